The van der Waals surface area contributed by atoms with Gasteiger partial charge in [0.2, 0.25) is 5.91 Å². The smallest absolute Gasteiger partial charge is 0.260 e. The molecule has 1 aliphatic rings. The van der Waals surface area contributed by atoms with Crippen LogP contribution in [0.25, 0.3) is 0 Å². The molecule has 24 heavy (non-hydrogen) atoms. The zero-order valence-electron chi connectivity index (χ0n) is 13.4. The minimum absolute atomic E-state index is 0.0270. The summed E-state index contributed by atoms with van der Waals surface area (Å²) in [5.41, 5.74) is 2.36. The van der Waals surface area contributed by atoms with E-state index in [2.05, 4.69) is 21.4 Å². The highest BCUT2D eigenvalue weighted by molar-refractivity contribution is 7.89. The topological polar surface area (TPSA) is 95.2 Å². The van der Waals surface area contributed by atoms with E-state index in [1.807, 2.05) is 18.2 Å². The van der Waals surface area contributed by atoms with Gasteiger partial charge in [0.05, 0.1) is 25.1 Å². The zero-order chi connectivity index (χ0) is 17.2. The number of carbonyl (C=O) groups is 1. The number of benzene rings is 1. The number of rotatable bonds is 5. The Morgan fingerprint density at radius 1 is 1.42 bits per heavy atom. The predicted molar refractivity (Wildman–Crippen MR) is 88.7 cm³/mol. The molecule has 0 radical (unpaired) electrons. The number of imidazole rings is 1. The van der Waals surface area contributed by atoms with Crippen LogP contribution >= 0.6 is 0 Å². The number of aromatic nitrogens is 2. The lowest BCUT2D eigenvalue weighted by Gasteiger charge is -2.27. The van der Waals surface area contributed by atoms with Crippen LogP contribution in [-0.2, 0) is 21.2 Å². The number of aromatic amines is 1. The van der Waals surface area contributed by atoms with Gasteiger partial charge in [-0.05, 0) is 30.4 Å². The summed E-state index contributed by atoms with van der Waals surface area (Å²) in [5.74, 6) is -0.317. The molecule has 2 N–H and O–H groups in total. The first-order valence-corrected chi connectivity index (χ1v) is 9.24. The van der Waals surface area contributed by atoms with Crippen LogP contribution in [0, 0.1) is 0 Å². The van der Waals surface area contributed by atoms with Crippen LogP contribution in [0.1, 0.15) is 30.0 Å². The first-order valence-electron chi connectivity index (χ1n) is 7.80. The monoisotopic (exact) mass is 348 g/mol. The van der Waals surface area contributed by atoms with Crippen molar-refractivity contribution in [2.24, 2.45) is 0 Å². The summed E-state index contributed by atoms with van der Waals surface area (Å²) >= 11 is 0. The largest absolute Gasteiger partial charge is 0.348 e. The van der Waals surface area contributed by atoms with Gasteiger partial charge in [0.15, 0.2) is 5.03 Å². The molecule has 1 atom stereocenters. The maximum Gasteiger partial charge on any atom is 0.260 e. The third-order valence-electron chi connectivity index (χ3n) is 4.23. The number of hydrogen-bond acceptors (Lipinski definition) is 4. The Labute approximate surface area is 141 Å². The van der Waals surface area contributed by atoms with Crippen molar-refractivity contribution in [1.82, 2.24) is 19.6 Å². The molecule has 7 nitrogen and oxygen atoms in total. The predicted octanol–water partition coefficient (Wildman–Crippen LogP) is 1.22. The lowest BCUT2D eigenvalue weighted by atomic mass is 9.88. The molecule has 8 heteroatoms. The van der Waals surface area contributed by atoms with Crippen LogP contribution in [0.3, 0.4) is 0 Å². The number of aryl methyl sites for hydroxylation is 1. The lowest BCUT2D eigenvalue weighted by molar-refractivity contribution is -0.122. The minimum atomic E-state index is -3.74. The second kappa shape index (κ2) is 6.74. The number of fused-ring (bicyclic) bond motifs is 1. The van der Waals surface area contributed by atoms with Gasteiger partial charge in [0.1, 0.15) is 0 Å². The third-order valence-corrected chi connectivity index (χ3v) is 5.96. The van der Waals surface area contributed by atoms with E-state index in [1.54, 1.807) is 0 Å². The summed E-state index contributed by atoms with van der Waals surface area (Å²) < 4.78 is 25.6. The van der Waals surface area contributed by atoms with Gasteiger partial charge in [-0.2, -0.15) is 4.31 Å². The van der Waals surface area contributed by atoms with Crippen LogP contribution < -0.4 is 5.32 Å². The quantitative estimate of drug-likeness (QED) is 0.849. The number of carbonyl (C=O) groups excluding carboxylic acids is 1. The van der Waals surface area contributed by atoms with Crippen molar-refractivity contribution >= 4 is 15.9 Å². The molecular weight excluding hydrogens is 328 g/mol. The molecule has 1 aliphatic carbocycles. The summed E-state index contributed by atoms with van der Waals surface area (Å²) in [6.45, 7) is -0.236. The Bertz CT molecular complexity index is 818. The number of likely N-dealkylation sites (N-methyl/N-ethyl adjacent to an activating group) is 1. The number of sulfonamides is 1. The van der Waals surface area contributed by atoms with E-state index >= 15 is 0 Å². The van der Waals surface area contributed by atoms with E-state index in [4.69, 9.17) is 0 Å². The van der Waals surface area contributed by atoms with Crippen molar-refractivity contribution in [3.63, 3.8) is 0 Å². The highest BCUT2D eigenvalue weighted by Gasteiger charge is 2.26. The molecule has 1 heterocycles. The fourth-order valence-electron chi connectivity index (χ4n) is 2.98. The molecule has 0 saturated carbocycles. The van der Waals surface area contributed by atoms with Crippen molar-refractivity contribution in [1.29, 1.82) is 0 Å². The van der Waals surface area contributed by atoms with Crippen LogP contribution in [0.5, 0.6) is 0 Å². The van der Waals surface area contributed by atoms with Gasteiger partial charge < -0.3 is 10.3 Å². The first kappa shape index (κ1) is 16.7. The molecule has 0 saturated heterocycles. The molecule has 0 spiro atoms. The van der Waals surface area contributed by atoms with Gasteiger partial charge in [-0.25, -0.2) is 13.4 Å². The second-order valence-electron chi connectivity index (χ2n) is 5.89. The van der Waals surface area contributed by atoms with Gasteiger partial charge in [-0.3, -0.25) is 4.79 Å². The minimum Gasteiger partial charge on any atom is -0.348 e. The number of nitrogens with zero attached hydrogens (tertiary/aromatic N) is 2. The fraction of sp³-hybridized carbons (Fsp3) is 0.375. The van der Waals surface area contributed by atoms with Crippen molar-refractivity contribution in [2.75, 3.05) is 13.6 Å². The zero-order valence-corrected chi connectivity index (χ0v) is 14.2. The average molecular weight is 348 g/mol. The highest BCUT2D eigenvalue weighted by atomic mass is 32.2. The van der Waals surface area contributed by atoms with Crippen molar-refractivity contribution in [2.45, 2.75) is 30.3 Å². The highest BCUT2D eigenvalue weighted by Crippen LogP contribution is 2.29. The number of H-pyrrole nitrogens is 1. The number of amides is 1. The molecule has 1 aromatic heterocycles. The molecule has 2 aromatic rings. The second-order valence-corrected chi connectivity index (χ2v) is 7.90. The Hall–Kier alpha value is -2.19. The molecule has 1 aromatic carbocycles. The Balaban J connectivity index is 1.67. The van der Waals surface area contributed by atoms with Gasteiger partial charge >= 0.3 is 0 Å². The van der Waals surface area contributed by atoms with E-state index in [0.29, 0.717) is 0 Å². The molecule has 128 valence electrons. The standard InChI is InChI=1S/C16H20N4O3S/c1-20(24(22,23)16-9-17-11-18-16)10-15(21)19-14-8-4-6-12-5-2-3-7-13(12)14/h2-3,5,7,9,11,14H,4,6,8,10H2,1H3,(H,17,18)(H,19,21). The van der Waals surface area contributed by atoms with E-state index in [0.717, 1.165) is 29.1 Å². The average Bonchev–Trinajstić information content (AvgIpc) is 3.10. The molecule has 1 amide bonds. The van der Waals surface area contributed by atoms with E-state index in [1.165, 1.54) is 25.1 Å². The van der Waals surface area contributed by atoms with E-state index in [-0.39, 0.29) is 23.5 Å². The Morgan fingerprint density at radius 2 is 2.21 bits per heavy atom. The van der Waals surface area contributed by atoms with Crippen molar-refractivity contribution in [3.8, 4) is 0 Å². The van der Waals surface area contributed by atoms with Gasteiger partial charge in [-0.15, -0.1) is 0 Å². The maximum absolute atomic E-state index is 12.3. The summed E-state index contributed by atoms with van der Waals surface area (Å²) in [6.07, 6.45) is 5.39. The Kier molecular flexibility index (Phi) is 4.68. The van der Waals surface area contributed by atoms with Crippen LogP contribution in [0.4, 0.5) is 0 Å². The van der Waals surface area contributed by atoms with Crippen molar-refractivity contribution < 1.29 is 13.2 Å². The van der Waals surface area contributed by atoms with Crippen LogP contribution in [0.15, 0.2) is 41.8 Å². The van der Waals surface area contributed by atoms with Gasteiger partial charge in [-0.1, -0.05) is 24.3 Å². The summed E-state index contributed by atoms with van der Waals surface area (Å²) in [5, 5.41) is 2.93. The molecule has 0 aliphatic heterocycles. The third kappa shape index (κ3) is 3.34. The fourth-order valence-corrected chi connectivity index (χ4v) is 4.00. The summed E-state index contributed by atoms with van der Waals surface area (Å²) in [4.78, 5) is 18.6. The molecule has 0 bridgehead atoms. The number of nitrogens with one attached hydrogen (secondary N) is 2. The van der Waals surface area contributed by atoms with Crippen LogP contribution in [0.2, 0.25) is 0 Å². The van der Waals surface area contributed by atoms with Gasteiger partial charge in [0, 0.05) is 7.05 Å². The Morgan fingerprint density at radius 3 is 2.96 bits per heavy atom. The van der Waals surface area contributed by atoms with E-state index < -0.39 is 10.0 Å². The summed E-state index contributed by atoms with van der Waals surface area (Å²) in [7, 11) is -2.36. The number of hydrogen-bond donors (Lipinski definition) is 2. The summed E-state index contributed by atoms with van der Waals surface area (Å²) in [6, 6.07) is 7.98. The van der Waals surface area contributed by atoms with Gasteiger partial charge in [0.25, 0.3) is 10.0 Å². The molecule has 0 fully saturated rings. The molecule has 3 rings (SSSR count). The van der Waals surface area contributed by atoms with E-state index in [9.17, 15) is 13.2 Å². The maximum atomic E-state index is 12.3. The lowest BCUT2D eigenvalue weighted by Crippen LogP contribution is -2.40. The van der Waals surface area contributed by atoms with Crippen molar-refractivity contribution in [3.05, 3.63) is 47.9 Å². The molecular formula is C16H20N4O3S. The molecule has 1 unspecified atom stereocenters. The first-order chi connectivity index (χ1) is 11.5. The SMILES string of the molecule is CN(CC(=O)NC1CCCc2ccccc21)S(=O)(=O)c1cnc[nH]1. The normalized spacial score (nSPS) is 17.5. The van der Waals surface area contributed by atoms with Crippen LogP contribution in [-0.4, -0.2) is 42.2 Å².